The Labute approximate surface area is 227 Å². The van der Waals surface area contributed by atoms with Gasteiger partial charge in [-0.25, -0.2) is 0 Å². The molecule has 4 rings (SSSR count). The first-order chi connectivity index (χ1) is 17.8. The van der Waals surface area contributed by atoms with Crippen LogP contribution in [0.4, 0.5) is 0 Å². The predicted molar refractivity (Wildman–Crippen MR) is 143 cm³/mol. The van der Waals surface area contributed by atoms with E-state index in [-0.39, 0.29) is 41.7 Å². The van der Waals surface area contributed by atoms with Crippen LogP contribution in [0.25, 0.3) is 0 Å². The van der Waals surface area contributed by atoms with E-state index < -0.39 is 29.0 Å². The Hall–Kier alpha value is -1.73. The highest BCUT2D eigenvalue weighted by atomic mass is 16.6. The number of ketones is 1. The molecule has 0 spiro atoms. The first kappa shape index (κ1) is 29.3. The first-order valence-electron chi connectivity index (χ1n) is 14.7. The Morgan fingerprint density at radius 1 is 1.05 bits per heavy atom. The van der Waals surface area contributed by atoms with Gasteiger partial charge in [-0.1, -0.05) is 39.3 Å². The number of Topliss-reactive ketones (excluding diaryl/α,β-unsaturated/α-hetero) is 1. The molecule has 3 fully saturated rings. The van der Waals surface area contributed by atoms with E-state index in [1.165, 1.54) is 19.4 Å². The Morgan fingerprint density at radius 3 is 2.37 bits per heavy atom. The van der Waals surface area contributed by atoms with Crippen LogP contribution in [0.2, 0.25) is 0 Å². The third-order valence-electron chi connectivity index (χ3n) is 11.3. The summed E-state index contributed by atoms with van der Waals surface area (Å²) < 4.78 is 11.4. The fraction of sp³-hybridized carbons (Fsp3) is 0.839. The van der Waals surface area contributed by atoms with Crippen molar-refractivity contribution in [3.63, 3.8) is 0 Å². The average Bonchev–Trinajstić information content (AvgIpc) is 3.08. The summed E-state index contributed by atoms with van der Waals surface area (Å²) in [5.41, 5.74) is -0.569. The molecule has 0 saturated heterocycles. The number of hydrogen-bond donors (Lipinski definition) is 2. The number of aliphatic hydroxyl groups excluding tert-OH is 1. The fourth-order valence-electron chi connectivity index (χ4n) is 9.05. The standard InChI is InChI=1S/C31H48O7/c1-18(17-32)7-10-27(35)19(2)31(36)28(38-21(4)34)16-26-24-9-8-22-15-23(37-20(3)33)11-13-29(22,5)25(24)12-14-30(26,31)6/h8,18-19,23-26,28,32,36H,7,9-17H2,1-6H3/t18?,19-,23?,24-,25+,26+,28?,29+,30+,31-/m1/s1. The lowest BCUT2D eigenvalue weighted by Crippen LogP contribution is -2.61. The van der Waals surface area contributed by atoms with Gasteiger partial charge < -0.3 is 19.7 Å². The molecule has 3 unspecified atom stereocenters. The number of aliphatic hydroxyl groups is 2. The molecule has 0 aromatic carbocycles. The lowest BCUT2D eigenvalue weighted by atomic mass is 9.46. The lowest BCUT2D eigenvalue weighted by molar-refractivity contribution is -0.197. The van der Waals surface area contributed by atoms with Gasteiger partial charge in [0.05, 0.1) is 0 Å². The largest absolute Gasteiger partial charge is 0.462 e. The number of carbonyl (C=O) groups is 3. The van der Waals surface area contributed by atoms with Gasteiger partial charge in [0.2, 0.25) is 0 Å². The number of ether oxygens (including phenoxy) is 2. The van der Waals surface area contributed by atoms with E-state index in [4.69, 9.17) is 9.47 Å². The lowest BCUT2D eigenvalue weighted by Gasteiger charge is -2.59. The van der Waals surface area contributed by atoms with Crippen molar-refractivity contribution in [2.45, 2.75) is 117 Å². The second-order valence-electron chi connectivity index (χ2n) is 13.4. The fourth-order valence-corrected chi connectivity index (χ4v) is 9.05. The average molecular weight is 533 g/mol. The molecule has 0 aliphatic heterocycles. The smallest absolute Gasteiger partial charge is 0.303 e. The topological polar surface area (TPSA) is 110 Å². The molecular weight excluding hydrogens is 484 g/mol. The molecular formula is C31H48O7. The zero-order chi connectivity index (χ0) is 28.0. The minimum absolute atomic E-state index is 0.0207. The van der Waals surface area contributed by atoms with Gasteiger partial charge in [0.25, 0.3) is 0 Å². The van der Waals surface area contributed by atoms with Crippen molar-refractivity contribution in [3.8, 4) is 0 Å². The summed E-state index contributed by atoms with van der Waals surface area (Å²) in [4.78, 5) is 37.2. The van der Waals surface area contributed by atoms with Crippen LogP contribution in [0.5, 0.6) is 0 Å². The van der Waals surface area contributed by atoms with Gasteiger partial charge >= 0.3 is 11.9 Å². The Kier molecular flexibility index (Phi) is 8.22. The van der Waals surface area contributed by atoms with Crippen molar-refractivity contribution in [1.82, 2.24) is 0 Å². The van der Waals surface area contributed by atoms with Crippen molar-refractivity contribution in [1.29, 1.82) is 0 Å². The van der Waals surface area contributed by atoms with E-state index in [1.54, 1.807) is 6.92 Å². The number of allylic oxidation sites excluding steroid dienone is 1. The zero-order valence-corrected chi connectivity index (χ0v) is 24.1. The highest BCUT2D eigenvalue weighted by molar-refractivity contribution is 5.82. The van der Waals surface area contributed by atoms with Crippen LogP contribution in [0.15, 0.2) is 11.6 Å². The molecule has 0 aromatic heterocycles. The van der Waals surface area contributed by atoms with Crippen molar-refractivity contribution in [3.05, 3.63) is 11.6 Å². The Bertz CT molecular complexity index is 973. The van der Waals surface area contributed by atoms with Crippen molar-refractivity contribution in [2.24, 2.45) is 40.4 Å². The highest BCUT2D eigenvalue weighted by Gasteiger charge is 2.70. The molecule has 3 saturated carbocycles. The number of esters is 2. The van der Waals surface area contributed by atoms with E-state index in [1.807, 2.05) is 6.92 Å². The molecule has 7 nitrogen and oxygen atoms in total. The number of hydrogen-bond acceptors (Lipinski definition) is 7. The Morgan fingerprint density at radius 2 is 1.74 bits per heavy atom. The molecule has 38 heavy (non-hydrogen) atoms. The maximum atomic E-state index is 13.4. The molecule has 0 bridgehead atoms. The molecule has 214 valence electrons. The van der Waals surface area contributed by atoms with E-state index in [0.717, 1.165) is 38.5 Å². The number of carbonyl (C=O) groups excluding carboxylic acids is 3. The van der Waals surface area contributed by atoms with Crippen LogP contribution < -0.4 is 0 Å². The molecule has 0 radical (unpaired) electrons. The maximum Gasteiger partial charge on any atom is 0.303 e. The molecule has 0 amide bonds. The van der Waals surface area contributed by atoms with Crippen LogP contribution in [0, 0.1) is 40.4 Å². The van der Waals surface area contributed by atoms with Gasteiger partial charge in [-0.3, -0.25) is 14.4 Å². The second-order valence-corrected chi connectivity index (χ2v) is 13.4. The summed E-state index contributed by atoms with van der Waals surface area (Å²) in [7, 11) is 0. The molecule has 0 aromatic rings. The molecule has 4 aliphatic carbocycles. The first-order valence-corrected chi connectivity index (χ1v) is 14.7. The third-order valence-corrected chi connectivity index (χ3v) is 11.3. The van der Waals surface area contributed by atoms with Gasteiger partial charge in [0.15, 0.2) is 0 Å². The van der Waals surface area contributed by atoms with E-state index >= 15 is 0 Å². The monoisotopic (exact) mass is 532 g/mol. The third kappa shape index (κ3) is 4.76. The van der Waals surface area contributed by atoms with Crippen LogP contribution in [0.1, 0.15) is 99.3 Å². The van der Waals surface area contributed by atoms with Crippen molar-refractivity contribution in [2.75, 3.05) is 6.61 Å². The van der Waals surface area contributed by atoms with Gasteiger partial charge in [0.1, 0.15) is 23.6 Å². The summed E-state index contributed by atoms with van der Waals surface area (Å²) in [5, 5.41) is 21.9. The van der Waals surface area contributed by atoms with E-state index in [0.29, 0.717) is 31.1 Å². The second kappa shape index (κ2) is 10.7. The Balaban J connectivity index is 1.63. The minimum atomic E-state index is -1.44. The van der Waals surface area contributed by atoms with Gasteiger partial charge in [-0.2, -0.15) is 0 Å². The summed E-state index contributed by atoms with van der Waals surface area (Å²) >= 11 is 0. The predicted octanol–water partition coefficient (Wildman–Crippen LogP) is 4.77. The summed E-state index contributed by atoms with van der Waals surface area (Å²) in [5.74, 6) is -0.438. The van der Waals surface area contributed by atoms with Crippen LogP contribution in [-0.2, 0) is 23.9 Å². The SMILES string of the molecule is CC(=O)OC1CC[C@@]2(C)C(=CC[C@@H]3[C@@H]2CC[C@@]2(C)[C@H]3CC(OC(C)=O)[C@]2(O)[C@H](C)C(=O)CCC(C)CO)C1. The maximum absolute atomic E-state index is 13.4. The van der Waals surface area contributed by atoms with Crippen molar-refractivity contribution < 1.29 is 34.1 Å². The highest BCUT2D eigenvalue weighted by Crippen LogP contribution is 2.68. The van der Waals surface area contributed by atoms with Gasteiger partial charge in [-0.05, 0) is 74.0 Å². The minimum Gasteiger partial charge on any atom is -0.462 e. The van der Waals surface area contributed by atoms with E-state index in [2.05, 4.69) is 19.9 Å². The van der Waals surface area contributed by atoms with E-state index in [9.17, 15) is 24.6 Å². The molecule has 4 aliphatic rings. The molecule has 2 N–H and O–H groups in total. The van der Waals surface area contributed by atoms with Gasteiger partial charge in [-0.15, -0.1) is 0 Å². The van der Waals surface area contributed by atoms with Crippen LogP contribution >= 0.6 is 0 Å². The molecule has 7 heteroatoms. The van der Waals surface area contributed by atoms with Crippen LogP contribution in [-0.4, -0.2) is 52.4 Å². The zero-order valence-electron chi connectivity index (χ0n) is 24.1. The quantitative estimate of drug-likeness (QED) is 0.342. The molecule has 10 atom stereocenters. The van der Waals surface area contributed by atoms with Crippen molar-refractivity contribution >= 4 is 17.7 Å². The van der Waals surface area contributed by atoms with Gasteiger partial charge in [0, 0.05) is 44.6 Å². The summed E-state index contributed by atoms with van der Waals surface area (Å²) in [6.45, 7) is 11.1. The summed E-state index contributed by atoms with van der Waals surface area (Å²) in [6, 6.07) is 0. The normalized spacial score (nSPS) is 41.6. The molecule has 0 heterocycles. The summed E-state index contributed by atoms with van der Waals surface area (Å²) in [6.07, 6.45) is 8.23. The number of rotatable bonds is 8. The van der Waals surface area contributed by atoms with Crippen LogP contribution in [0.3, 0.4) is 0 Å². The number of fused-ring (bicyclic) bond motifs is 5.